The Balaban J connectivity index is 1.92. The van der Waals surface area contributed by atoms with E-state index in [4.69, 9.17) is 12.2 Å². The van der Waals surface area contributed by atoms with Crippen LogP contribution in [-0.4, -0.2) is 19.2 Å². The van der Waals surface area contributed by atoms with Crippen LogP contribution in [0.2, 0.25) is 0 Å². The molecule has 24 heavy (non-hydrogen) atoms. The summed E-state index contributed by atoms with van der Waals surface area (Å²) < 4.78 is 4.54. The molecule has 0 bridgehead atoms. The summed E-state index contributed by atoms with van der Waals surface area (Å²) in [5, 5.41) is 8.25. The molecule has 3 heterocycles. The molecule has 7 heteroatoms. The molecule has 1 saturated carbocycles. The minimum absolute atomic E-state index is 0.151. The molecule has 3 aromatic rings. The van der Waals surface area contributed by atoms with E-state index in [0.717, 1.165) is 35.9 Å². The summed E-state index contributed by atoms with van der Waals surface area (Å²) in [6.45, 7) is 0. The highest BCUT2D eigenvalue weighted by atomic mass is 32.1. The molecule has 2 aliphatic carbocycles. The van der Waals surface area contributed by atoms with Crippen molar-refractivity contribution in [3.05, 3.63) is 25.6 Å². The van der Waals surface area contributed by atoms with Gasteiger partial charge in [-0.3, -0.25) is 9.36 Å². The molecule has 0 aromatic carbocycles. The highest BCUT2D eigenvalue weighted by Gasteiger charge is 2.26. The van der Waals surface area contributed by atoms with E-state index >= 15 is 0 Å². The second kappa shape index (κ2) is 5.52. The summed E-state index contributed by atoms with van der Waals surface area (Å²) >= 11 is 7.24. The second-order valence-corrected chi connectivity index (χ2v) is 8.49. The molecule has 3 aromatic heterocycles. The SMILES string of the molecule is O=c1c2c3c(sc2n2c(=S)[nH]nc2n1C1CCCCC1)CCCC3. The molecule has 0 saturated heterocycles. The standard InChI is InChI=1S/C17H20N4OS2/c22-14-13-11-8-4-5-9-12(11)24-15(13)21-16(18-19-17(21)23)20(14)10-6-2-1-3-7-10/h10H,1-9H2,(H,19,23). The van der Waals surface area contributed by atoms with Crippen LogP contribution < -0.4 is 5.56 Å². The van der Waals surface area contributed by atoms with Gasteiger partial charge in [-0.2, -0.15) is 0 Å². The van der Waals surface area contributed by atoms with E-state index in [1.165, 1.54) is 42.5 Å². The van der Waals surface area contributed by atoms with Gasteiger partial charge in [0.2, 0.25) is 10.5 Å². The molecular weight excluding hydrogens is 340 g/mol. The summed E-state index contributed by atoms with van der Waals surface area (Å²) in [4.78, 5) is 15.8. The molecule has 1 N–H and O–H groups in total. The maximum Gasteiger partial charge on any atom is 0.264 e. The highest BCUT2D eigenvalue weighted by Crippen LogP contribution is 2.36. The zero-order valence-corrected chi connectivity index (χ0v) is 15.1. The average molecular weight is 361 g/mol. The molecule has 126 valence electrons. The first-order chi connectivity index (χ1) is 11.8. The van der Waals surface area contributed by atoms with E-state index in [1.54, 1.807) is 11.3 Å². The van der Waals surface area contributed by atoms with Gasteiger partial charge in [-0.1, -0.05) is 19.3 Å². The second-order valence-electron chi connectivity index (χ2n) is 7.02. The van der Waals surface area contributed by atoms with E-state index in [2.05, 4.69) is 10.2 Å². The van der Waals surface area contributed by atoms with E-state index < -0.39 is 0 Å². The molecule has 0 radical (unpaired) electrons. The Morgan fingerprint density at radius 1 is 1.12 bits per heavy atom. The van der Waals surface area contributed by atoms with Crippen LogP contribution in [0.4, 0.5) is 0 Å². The van der Waals surface area contributed by atoms with Crippen molar-refractivity contribution in [1.29, 1.82) is 0 Å². The fraction of sp³-hybridized carbons (Fsp3) is 0.588. The van der Waals surface area contributed by atoms with Gasteiger partial charge in [0.15, 0.2) is 0 Å². The number of nitrogens with zero attached hydrogens (tertiary/aromatic N) is 3. The lowest BCUT2D eigenvalue weighted by atomic mass is 9.94. The molecule has 0 aliphatic heterocycles. The van der Waals surface area contributed by atoms with E-state index in [9.17, 15) is 4.79 Å². The first-order valence-corrected chi connectivity index (χ1v) is 10.1. The third-order valence-corrected chi connectivity index (χ3v) is 7.15. The summed E-state index contributed by atoms with van der Waals surface area (Å²) in [6, 6.07) is 0.252. The lowest BCUT2D eigenvalue weighted by Crippen LogP contribution is -2.29. The van der Waals surface area contributed by atoms with Gasteiger partial charge in [-0.05, 0) is 56.3 Å². The smallest absolute Gasteiger partial charge is 0.264 e. The zero-order chi connectivity index (χ0) is 16.3. The molecule has 0 unspecified atom stereocenters. The number of aromatic nitrogens is 4. The van der Waals surface area contributed by atoms with Gasteiger partial charge in [0.25, 0.3) is 5.56 Å². The maximum atomic E-state index is 13.5. The van der Waals surface area contributed by atoms with E-state index in [1.807, 2.05) is 8.97 Å². The number of aromatic amines is 1. The highest BCUT2D eigenvalue weighted by molar-refractivity contribution is 7.71. The van der Waals surface area contributed by atoms with Crippen LogP contribution in [0.25, 0.3) is 16.0 Å². The molecule has 0 atom stereocenters. The number of thiophene rings is 1. The molecule has 0 amide bonds. The van der Waals surface area contributed by atoms with Crippen LogP contribution in [0.5, 0.6) is 0 Å². The Kier molecular flexibility index (Phi) is 3.42. The van der Waals surface area contributed by atoms with Crippen LogP contribution in [0.3, 0.4) is 0 Å². The third kappa shape index (κ3) is 2.00. The van der Waals surface area contributed by atoms with Gasteiger partial charge in [-0.25, -0.2) is 9.50 Å². The number of rotatable bonds is 1. The molecule has 2 aliphatic rings. The minimum Gasteiger partial charge on any atom is -0.273 e. The van der Waals surface area contributed by atoms with Crippen LogP contribution in [0.15, 0.2) is 4.79 Å². The van der Waals surface area contributed by atoms with Crippen LogP contribution in [-0.2, 0) is 12.8 Å². The third-order valence-electron chi connectivity index (χ3n) is 5.60. The summed E-state index contributed by atoms with van der Waals surface area (Å²) in [5.41, 5.74) is 1.43. The van der Waals surface area contributed by atoms with Crippen molar-refractivity contribution in [2.75, 3.05) is 0 Å². The number of fused-ring (bicyclic) bond motifs is 5. The fourth-order valence-corrected chi connectivity index (χ4v) is 6.10. The summed E-state index contributed by atoms with van der Waals surface area (Å²) in [7, 11) is 0. The van der Waals surface area contributed by atoms with Crippen molar-refractivity contribution < 1.29 is 0 Å². The predicted octanol–water partition coefficient (Wildman–Crippen LogP) is 4.15. The van der Waals surface area contributed by atoms with Crippen molar-refractivity contribution >= 4 is 39.5 Å². The number of nitrogens with one attached hydrogen (secondary N) is 1. The Bertz CT molecular complexity index is 1050. The largest absolute Gasteiger partial charge is 0.273 e. The van der Waals surface area contributed by atoms with E-state index in [-0.39, 0.29) is 11.6 Å². The molecule has 5 rings (SSSR count). The van der Waals surface area contributed by atoms with Gasteiger partial charge in [-0.15, -0.1) is 16.4 Å². The molecule has 0 spiro atoms. The zero-order valence-electron chi connectivity index (χ0n) is 13.5. The molecular formula is C17H20N4OS2. The van der Waals surface area contributed by atoms with Crippen LogP contribution in [0.1, 0.15) is 61.4 Å². The quantitative estimate of drug-likeness (QED) is 0.663. The van der Waals surface area contributed by atoms with Gasteiger partial charge >= 0.3 is 0 Å². The van der Waals surface area contributed by atoms with Gasteiger partial charge in [0, 0.05) is 10.9 Å². The van der Waals surface area contributed by atoms with Crippen molar-refractivity contribution in [3.8, 4) is 0 Å². The lowest BCUT2D eigenvalue weighted by molar-refractivity contribution is 0.351. The topological polar surface area (TPSA) is 55.1 Å². The number of aryl methyl sites for hydroxylation is 2. The van der Waals surface area contributed by atoms with Crippen molar-refractivity contribution in [3.63, 3.8) is 0 Å². The van der Waals surface area contributed by atoms with Crippen molar-refractivity contribution in [2.24, 2.45) is 0 Å². The molecule has 5 nitrogen and oxygen atoms in total. The first-order valence-electron chi connectivity index (χ1n) is 8.91. The normalized spacial score (nSPS) is 19.2. The Labute approximate surface area is 148 Å². The van der Waals surface area contributed by atoms with Crippen molar-refractivity contribution in [1.82, 2.24) is 19.2 Å². The Morgan fingerprint density at radius 2 is 1.92 bits per heavy atom. The molecule has 1 fully saturated rings. The lowest BCUT2D eigenvalue weighted by Gasteiger charge is -2.24. The minimum atomic E-state index is 0.151. The van der Waals surface area contributed by atoms with E-state index in [0.29, 0.717) is 10.5 Å². The predicted molar refractivity (Wildman–Crippen MR) is 98.8 cm³/mol. The Hall–Kier alpha value is -1.47. The van der Waals surface area contributed by atoms with Crippen molar-refractivity contribution in [2.45, 2.75) is 63.8 Å². The number of hydrogen-bond donors (Lipinski definition) is 1. The van der Waals surface area contributed by atoms with Gasteiger partial charge < -0.3 is 0 Å². The fourth-order valence-electron chi connectivity index (χ4n) is 4.44. The number of hydrogen-bond acceptors (Lipinski definition) is 4. The summed E-state index contributed by atoms with van der Waals surface area (Å²) in [5.74, 6) is 0.697. The Morgan fingerprint density at radius 3 is 2.75 bits per heavy atom. The average Bonchev–Trinajstić information content (AvgIpc) is 3.17. The van der Waals surface area contributed by atoms with Gasteiger partial charge in [0.05, 0.1) is 5.39 Å². The monoisotopic (exact) mass is 360 g/mol. The summed E-state index contributed by atoms with van der Waals surface area (Å²) in [6.07, 6.45) is 10.3. The van der Waals surface area contributed by atoms with Crippen LogP contribution in [0, 0.1) is 4.77 Å². The van der Waals surface area contributed by atoms with Crippen LogP contribution >= 0.6 is 23.6 Å². The van der Waals surface area contributed by atoms with Gasteiger partial charge in [0.1, 0.15) is 4.83 Å². The maximum absolute atomic E-state index is 13.5. The number of H-pyrrole nitrogens is 1. The first kappa shape index (κ1) is 14.8.